The molecule has 21 heavy (non-hydrogen) atoms. The first kappa shape index (κ1) is 16.0. The van der Waals surface area contributed by atoms with Gasteiger partial charge in [-0.15, -0.1) is 0 Å². The Balaban J connectivity index is 1.93. The Bertz CT molecular complexity index is 467. The van der Waals surface area contributed by atoms with Crippen LogP contribution in [0.15, 0.2) is 24.3 Å². The van der Waals surface area contributed by atoms with E-state index in [2.05, 4.69) is 62.6 Å². The van der Waals surface area contributed by atoms with E-state index >= 15 is 0 Å². The smallest absolute Gasteiger partial charge is 0.237 e. The zero-order chi connectivity index (χ0) is 15.4. The van der Waals surface area contributed by atoms with Gasteiger partial charge in [-0.25, -0.2) is 0 Å². The predicted molar refractivity (Wildman–Crippen MR) is 87.1 cm³/mol. The van der Waals surface area contributed by atoms with Gasteiger partial charge >= 0.3 is 0 Å². The molecular weight excluding hydrogens is 260 g/mol. The van der Waals surface area contributed by atoms with Crippen molar-refractivity contribution in [2.45, 2.75) is 52.6 Å². The van der Waals surface area contributed by atoms with Crippen molar-refractivity contribution in [1.82, 2.24) is 10.6 Å². The lowest BCUT2D eigenvalue weighted by Crippen LogP contribution is -2.44. The van der Waals surface area contributed by atoms with Crippen LogP contribution < -0.4 is 10.6 Å². The monoisotopic (exact) mass is 288 g/mol. The summed E-state index contributed by atoms with van der Waals surface area (Å²) in [7, 11) is 0. The van der Waals surface area contributed by atoms with Gasteiger partial charge in [0.1, 0.15) is 0 Å². The van der Waals surface area contributed by atoms with Crippen molar-refractivity contribution in [1.29, 1.82) is 0 Å². The van der Waals surface area contributed by atoms with E-state index in [0.717, 1.165) is 19.4 Å². The molecule has 2 rings (SSSR count). The minimum absolute atomic E-state index is 0.0346. The van der Waals surface area contributed by atoms with Gasteiger partial charge in [-0.2, -0.15) is 0 Å². The highest BCUT2D eigenvalue weighted by atomic mass is 16.2. The molecule has 1 amide bonds. The van der Waals surface area contributed by atoms with Crippen molar-refractivity contribution in [3.8, 4) is 0 Å². The van der Waals surface area contributed by atoms with Crippen LogP contribution in [0.4, 0.5) is 0 Å². The molecular formula is C18H28N2O. The maximum absolute atomic E-state index is 12.3. The first-order valence-electron chi connectivity index (χ1n) is 8.10. The number of hydrogen-bond donors (Lipinski definition) is 2. The molecule has 1 aliphatic heterocycles. The first-order chi connectivity index (χ1) is 9.97. The Kier molecular flexibility index (Phi) is 5.40. The van der Waals surface area contributed by atoms with Crippen LogP contribution in [0.5, 0.6) is 0 Å². The molecule has 1 saturated heterocycles. The molecule has 3 atom stereocenters. The molecule has 1 fully saturated rings. The van der Waals surface area contributed by atoms with Crippen LogP contribution in [0.3, 0.4) is 0 Å². The van der Waals surface area contributed by atoms with Gasteiger partial charge in [0, 0.05) is 0 Å². The summed E-state index contributed by atoms with van der Waals surface area (Å²) >= 11 is 0. The lowest BCUT2D eigenvalue weighted by molar-refractivity contribution is -0.124. The van der Waals surface area contributed by atoms with Crippen molar-refractivity contribution < 1.29 is 4.79 Å². The molecule has 0 spiro atoms. The van der Waals surface area contributed by atoms with Crippen molar-refractivity contribution >= 4 is 5.91 Å². The second kappa shape index (κ2) is 7.08. The summed E-state index contributed by atoms with van der Waals surface area (Å²) in [6, 6.07) is 8.64. The predicted octanol–water partition coefficient (Wildman–Crippen LogP) is 3.06. The van der Waals surface area contributed by atoms with Gasteiger partial charge in [0.05, 0.1) is 12.1 Å². The topological polar surface area (TPSA) is 41.1 Å². The van der Waals surface area contributed by atoms with Gasteiger partial charge < -0.3 is 10.6 Å². The Hall–Kier alpha value is -1.35. The Morgan fingerprint density at radius 3 is 2.48 bits per heavy atom. The standard InChI is InChI=1S/C18H28N2O/c1-12(2)11-15-5-7-16(8-6-15)14(4)20-18(21)17-13(3)9-10-19-17/h5-8,12-14,17,19H,9-11H2,1-4H3,(H,20,21). The lowest BCUT2D eigenvalue weighted by atomic mass is 9.99. The number of nitrogens with one attached hydrogen (secondary N) is 2. The van der Waals surface area contributed by atoms with Crippen LogP contribution in [0.1, 0.15) is 51.3 Å². The number of carbonyl (C=O) groups is 1. The zero-order valence-electron chi connectivity index (χ0n) is 13.6. The van der Waals surface area contributed by atoms with Crippen LogP contribution in [-0.4, -0.2) is 18.5 Å². The summed E-state index contributed by atoms with van der Waals surface area (Å²) in [5.41, 5.74) is 2.53. The normalized spacial score (nSPS) is 23.3. The molecule has 0 bridgehead atoms. The summed E-state index contributed by atoms with van der Waals surface area (Å²) in [6.07, 6.45) is 2.18. The Labute approximate surface area is 128 Å². The average molecular weight is 288 g/mol. The summed E-state index contributed by atoms with van der Waals surface area (Å²) in [5.74, 6) is 1.22. The average Bonchev–Trinajstić information content (AvgIpc) is 2.85. The largest absolute Gasteiger partial charge is 0.348 e. The van der Waals surface area contributed by atoms with Crippen LogP contribution >= 0.6 is 0 Å². The minimum atomic E-state index is -0.0346. The molecule has 116 valence electrons. The third-order valence-electron chi connectivity index (χ3n) is 4.30. The second-order valence-electron chi connectivity index (χ2n) is 6.77. The molecule has 1 aromatic carbocycles. The molecule has 0 aliphatic carbocycles. The third kappa shape index (κ3) is 4.31. The summed E-state index contributed by atoms with van der Waals surface area (Å²) in [5, 5.41) is 6.41. The van der Waals surface area contributed by atoms with E-state index in [-0.39, 0.29) is 18.0 Å². The van der Waals surface area contributed by atoms with E-state index in [1.54, 1.807) is 0 Å². The molecule has 0 saturated carbocycles. The fourth-order valence-corrected chi connectivity index (χ4v) is 2.99. The number of carbonyl (C=O) groups excluding carboxylic acids is 1. The van der Waals surface area contributed by atoms with Crippen molar-refractivity contribution in [2.24, 2.45) is 11.8 Å². The van der Waals surface area contributed by atoms with E-state index in [1.807, 2.05) is 0 Å². The molecule has 1 heterocycles. The van der Waals surface area contributed by atoms with E-state index in [4.69, 9.17) is 0 Å². The van der Waals surface area contributed by atoms with Gasteiger partial charge in [0.15, 0.2) is 0 Å². The molecule has 0 aromatic heterocycles. The minimum Gasteiger partial charge on any atom is -0.348 e. The Morgan fingerprint density at radius 2 is 1.95 bits per heavy atom. The van der Waals surface area contributed by atoms with Crippen LogP contribution in [0.2, 0.25) is 0 Å². The van der Waals surface area contributed by atoms with Crippen LogP contribution in [0, 0.1) is 11.8 Å². The van der Waals surface area contributed by atoms with Crippen LogP contribution in [0.25, 0.3) is 0 Å². The van der Waals surface area contributed by atoms with Crippen molar-refractivity contribution in [2.75, 3.05) is 6.54 Å². The van der Waals surface area contributed by atoms with E-state index in [0.29, 0.717) is 11.8 Å². The van der Waals surface area contributed by atoms with Gasteiger partial charge in [-0.3, -0.25) is 4.79 Å². The summed E-state index contributed by atoms with van der Waals surface area (Å²) in [4.78, 5) is 12.3. The molecule has 3 unspecified atom stereocenters. The molecule has 2 N–H and O–H groups in total. The number of rotatable bonds is 5. The quantitative estimate of drug-likeness (QED) is 0.874. The van der Waals surface area contributed by atoms with E-state index in [9.17, 15) is 4.79 Å². The van der Waals surface area contributed by atoms with Gasteiger partial charge in [-0.05, 0) is 49.3 Å². The van der Waals surface area contributed by atoms with Crippen molar-refractivity contribution in [3.63, 3.8) is 0 Å². The second-order valence-corrected chi connectivity index (χ2v) is 6.77. The van der Waals surface area contributed by atoms with Gasteiger partial charge in [0.25, 0.3) is 0 Å². The number of hydrogen-bond acceptors (Lipinski definition) is 2. The molecule has 3 nitrogen and oxygen atoms in total. The molecule has 3 heteroatoms. The van der Waals surface area contributed by atoms with Gasteiger partial charge in [0.2, 0.25) is 5.91 Å². The first-order valence-corrected chi connectivity index (χ1v) is 8.10. The number of benzene rings is 1. The Morgan fingerprint density at radius 1 is 1.29 bits per heavy atom. The molecule has 0 radical (unpaired) electrons. The maximum atomic E-state index is 12.3. The van der Waals surface area contributed by atoms with Crippen molar-refractivity contribution in [3.05, 3.63) is 35.4 Å². The SMILES string of the molecule is CC(C)Cc1ccc(C(C)NC(=O)C2NCCC2C)cc1. The summed E-state index contributed by atoms with van der Waals surface area (Å²) < 4.78 is 0. The maximum Gasteiger partial charge on any atom is 0.237 e. The molecule has 1 aliphatic rings. The van der Waals surface area contributed by atoms with E-state index in [1.165, 1.54) is 11.1 Å². The zero-order valence-corrected chi connectivity index (χ0v) is 13.6. The lowest BCUT2D eigenvalue weighted by Gasteiger charge is -2.20. The number of amides is 1. The summed E-state index contributed by atoms with van der Waals surface area (Å²) in [6.45, 7) is 9.58. The fraction of sp³-hybridized carbons (Fsp3) is 0.611. The van der Waals surface area contributed by atoms with Gasteiger partial charge in [-0.1, -0.05) is 45.0 Å². The highest BCUT2D eigenvalue weighted by Crippen LogP contribution is 2.18. The highest BCUT2D eigenvalue weighted by molar-refractivity contribution is 5.82. The van der Waals surface area contributed by atoms with Crippen LogP contribution in [-0.2, 0) is 11.2 Å². The van der Waals surface area contributed by atoms with E-state index < -0.39 is 0 Å². The molecule has 1 aromatic rings. The third-order valence-corrected chi connectivity index (χ3v) is 4.30. The highest BCUT2D eigenvalue weighted by Gasteiger charge is 2.29. The fourth-order valence-electron chi connectivity index (χ4n) is 2.99.